The molecule has 1 aliphatic rings. The summed E-state index contributed by atoms with van der Waals surface area (Å²) in [5.74, 6) is 0.0779. The average Bonchev–Trinajstić information content (AvgIpc) is 2.99. The first kappa shape index (κ1) is 17.0. The average molecular weight is 304 g/mol. The lowest BCUT2D eigenvalue weighted by Crippen LogP contribution is -2.50. The molecule has 0 saturated carbocycles. The van der Waals surface area contributed by atoms with Crippen molar-refractivity contribution in [1.82, 2.24) is 10.6 Å². The quantitative estimate of drug-likeness (QED) is 0.814. The standard InChI is InChI=1S/C18H28N2O2/c1-14(15-8-5-4-6-9-15)20-18(2,3)13-19-17(21)12-16-10-7-11-22-16/h4-6,8-9,14,16,20H,7,10-13H2,1-3H3,(H,19,21). The summed E-state index contributed by atoms with van der Waals surface area (Å²) < 4.78 is 5.50. The topological polar surface area (TPSA) is 50.4 Å². The predicted octanol–water partition coefficient (Wildman–Crippen LogP) is 2.80. The Morgan fingerprint density at radius 1 is 1.36 bits per heavy atom. The Balaban J connectivity index is 1.76. The summed E-state index contributed by atoms with van der Waals surface area (Å²) in [6.07, 6.45) is 2.66. The van der Waals surface area contributed by atoms with E-state index in [-0.39, 0.29) is 23.6 Å². The van der Waals surface area contributed by atoms with E-state index < -0.39 is 0 Å². The molecular formula is C18H28N2O2. The number of carbonyl (C=O) groups excluding carboxylic acids is 1. The molecule has 1 aromatic rings. The molecule has 0 spiro atoms. The largest absolute Gasteiger partial charge is 0.378 e. The van der Waals surface area contributed by atoms with Crippen molar-refractivity contribution in [2.45, 2.75) is 57.7 Å². The maximum atomic E-state index is 12.0. The van der Waals surface area contributed by atoms with Crippen molar-refractivity contribution in [2.75, 3.05) is 13.2 Å². The molecule has 1 saturated heterocycles. The van der Waals surface area contributed by atoms with Gasteiger partial charge < -0.3 is 15.4 Å². The minimum Gasteiger partial charge on any atom is -0.378 e. The van der Waals surface area contributed by atoms with Gasteiger partial charge in [-0.25, -0.2) is 0 Å². The van der Waals surface area contributed by atoms with E-state index in [0.717, 1.165) is 19.4 Å². The molecule has 2 unspecified atom stereocenters. The fourth-order valence-corrected chi connectivity index (χ4v) is 2.87. The molecule has 1 aromatic carbocycles. The van der Waals surface area contributed by atoms with Crippen LogP contribution in [0.4, 0.5) is 0 Å². The van der Waals surface area contributed by atoms with Crippen LogP contribution in [0.3, 0.4) is 0 Å². The van der Waals surface area contributed by atoms with Gasteiger partial charge in [0.25, 0.3) is 0 Å². The van der Waals surface area contributed by atoms with Gasteiger partial charge in [0.05, 0.1) is 12.5 Å². The molecule has 0 radical (unpaired) electrons. The molecule has 0 aliphatic carbocycles. The fourth-order valence-electron chi connectivity index (χ4n) is 2.87. The summed E-state index contributed by atoms with van der Waals surface area (Å²) in [4.78, 5) is 12.0. The van der Waals surface area contributed by atoms with Crippen molar-refractivity contribution in [2.24, 2.45) is 0 Å². The molecule has 4 heteroatoms. The lowest BCUT2D eigenvalue weighted by atomic mass is 10.0. The molecular weight excluding hydrogens is 276 g/mol. The number of amides is 1. The third kappa shape index (κ3) is 5.43. The number of hydrogen-bond acceptors (Lipinski definition) is 3. The van der Waals surface area contributed by atoms with E-state index in [2.05, 4.69) is 43.5 Å². The van der Waals surface area contributed by atoms with E-state index in [9.17, 15) is 4.79 Å². The van der Waals surface area contributed by atoms with Crippen molar-refractivity contribution in [3.8, 4) is 0 Å². The number of ether oxygens (including phenoxy) is 1. The minimum atomic E-state index is -0.165. The van der Waals surface area contributed by atoms with Gasteiger partial charge in [0.2, 0.25) is 5.91 Å². The normalized spacial score (nSPS) is 19.9. The van der Waals surface area contributed by atoms with Crippen LogP contribution in [-0.4, -0.2) is 30.7 Å². The highest BCUT2D eigenvalue weighted by atomic mass is 16.5. The molecule has 2 N–H and O–H groups in total. The molecule has 0 bridgehead atoms. The first-order valence-electron chi connectivity index (χ1n) is 8.17. The van der Waals surface area contributed by atoms with Gasteiger partial charge in [-0.2, -0.15) is 0 Å². The van der Waals surface area contributed by atoms with Crippen LogP contribution >= 0.6 is 0 Å². The first-order chi connectivity index (χ1) is 10.5. The van der Waals surface area contributed by atoms with Crippen LogP contribution in [0.1, 0.15) is 51.6 Å². The van der Waals surface area contributed by atoms with Crippen LogP contribution in [-0.2, 0) is 9.53 Å². The maximum Gasteiger partial charge on any atom is 0.222 e. The summed E-state index contributed by atoms with van der Waals surface area (Å²) in [5.41, 5.74) is 1.09. The van der Waals surface area contributed by atoms with Crippen LogP contribution in [0.5, 0.6) is 0 Å². The summed E-state index contributed by atoms with van der Waals surface area (Å²) in [5, 5.41) is 6.60. The molecule has 1 heterocycles. The lowest BCUT2D eigenvalue weighted by molar-refractivity contribution is -0.123. The summed E-state index contributed by atoms with van der Waals surface area (Å²) in [6, 6.07) is 10.6. The van der Waals surface area contributed by atoms with Crippen LogP contribution < -0.4 is 10.6 Å². The molecule has 1 aliphatic heterocycles. The number of benzene rings is 1. The molecule has 4 nitrogen and oxygen atoms in total. The second-order valence-electron chi connectivity index (χ2n) is 6.78. The Morgan fingerprint density at radius 2 is 2.09 bits per heavy atom. The lowest BCUT2D eigenvalue weighted by Gasteiger charge is -2.31. The molecule has 0 aromatic heterocycles. The van der Waals surface area contributed by atoms with E-state index in [0.29, 0.717) is 13.0 Å². The molecule has 1 amide bonds. The van der Waals surface area contributed by atoms with Gasteiger partial charge >= 0.3 is 0 Å². The molecule has 2 rings (SSSR count). The van der Waals surface area contributed by atoms with Gasteiger partial charge in [0, 0.05) is 24.7 Å². The van der Waals surface area contributed by atoms with Gasteiger partial charge in [-0.1, -0.05) is 30.3 Å². The first-order valence-corrected chi connectivity index (χ1v) is 8.17. The van der Waals surface area contributed by atoms with E-state index in [1.54, 1.807) is 0 Å². The monoisotopic (exact) mass is 304 g/mol. The summed E-state index contributed by atoms with van der Waals surface area (Å²) in [7, 11) is 0. The number of nitrogens with one attached hydrogen (secondary N) is 2. The Labute approximate surface area is 133 Å². The number of hydrogen-bond donors (Lipinski definition) is 2. The fraction of sp³-hybridized carbons (Fsp3) is 0.611. The SMILES string of the molecule is CC(NC(C)(C)CNC(=O)CC1CCCO1)c1ccccc1. The van der Waals surface area contributed by atoms with Crippen LogP contribution in [0.15, 0.2) is 30.3 Å². The Hall–Kier alpha value is -1.39. The smallest absolute Gasteiger partial charge is 0.222 e. The van der Waals surface area contributed by atoms with E-state index in [1.807, 2.05) is 18.2 Å². The van der Waals surface area contributed by atoms with Crippen molar-refractivity contribution in [3.05, 3.63) is 35.9 Å². The maximum absolute atomic E-state index is 12.0. The molecule has 22 heavy (non-hydrogen) atoms. The van der Waals surface area contributed by atoms with Crippen molar-refractivity contribution >= 4 is 5.91 Å². The number of rotatable bonds is 7. The van der Waals surface area contributed by atoms with Crippen molar-refractivity contribution in [1.29, 1.82) is 0 Å². The highest BCUT2D eigenvalue weighted by Gasteiger charge is 2.23. The minimum absolute atomic E-state index is 0.0779. The molecule has 1 fully saturated rings. The van der Waals surface area contributed by atoms with Crippen molar-refractivity contribution < 1.29 is 9.53 Å². The van der Waals surface area contributed by atoms with E-state index >= 15 is 0 Å². The Bertz CT molecular complexity index is 467. The Kier molecular flexibility index (Phi) is 5.98. The second kappa shape index (κ2) is 7.75. The van der Waals surface area contributed by atoms with Gasteiger partial charge in [0.1, 0.15) is 0 Å². The third-order valence-electron chi connectivity index (χ3n) is 4.07. The van der Waals surface area contributed by atoms with Gasteiger partial charge in [-0.3, -0.25) is 4.79 Å². The van der Waals surface area contributed by atoms with Crippen LogP contribution in [0.25, 0.3) is 0 Å². The third-order valence-corrected chi connectivity index (χ3v) is 4.07. The van der Waals surface area contributed by atoms with Gasteiger partial charge in [0.15, 0.2) is 0 Å². The summed E-state index contributed by atoms with van der Waals surface area (Å²) in [6.45, 7) is 7.76. The van der Waals surface area contributed by atoms with Gasteiger partial charge in [-0.15, -0.1) is 0 Å². The van der Waals surface area contributed by atoms with E-state index in [4.69, 9.17) is 4.74 Å². The number of carbonyl (C=O) groups is 1. The highest BCUT2D eigenvalue weighted by molar-refractivity contribution is 5.76. The zero-order valence-corrected chi connectivity index (χ0v) is 13.9. The predicted molar refractivity (Wildman–Crippen MR) is 88.7 cm³/mol. The van der Waals surface area contributed by atoms with E-state index in [1.165, 1.54) is 5.56 Å². The van der Waals surface area contributed by atoms with Crippen molar-refractivity contribution in [3.63, 3.8) is 0 Å². The zero-order valence-electron chi connectivity index (χ0n) is 13.9. The molecule has 2 atom stereocenters. The summed E-state index contributed by atoms with van der Waals surface area (Å²) >= 11 is 0. The second-order valence-corrected chi connectivity index (χ2v) is 6.78. The Morgan fingerprint density at radius 3 is 2.73 bits per heavy atom. The van der Waals surface area contributed by atoms with Crippen LogP contribution in [0.2, 0.25) is 0 Å². The highest BCUT2D eigenvalue weighted by Crippen LogP contribution is 2.17. The van der Waals surface area contributed by atoms with Gasteiger partial charge in [-0.05, 0) is 39.2 Å². The zero-order chi connectivity index (χ0) is 16.0. The molecule has 122 valence electrons. The van der Waals surface area contributed by atoms with Crippen LogP contribution in [0, 0.1) is 0 Å².